The molecule has 2 saturated carbocycles. The number of nitrogens with two attached hydrogens (primary N) is 1. The molecule has 1 unspecified atom stereocenters. The van der Waals surface area contributed by atoms with E-state index in [0.29, 0.717) is 18.4 Å². The standard InChI is InChI=1S/C26H30N4O2/c1-32-21-8-10-25(11-9-21)14-20-7-6-19(18-4-5-18)13-22(20)26(25)23(31)30(24(27)29-26)16-17-3-2-12-28-15-17/h2-3,6-7,12-13,15,18,21H,4-5,8-11,14,16H2,1H3,(H2,27,29). The van der Waals surface area contributed by atoms with Crippen molar-refractivity contribution in [2.45, 2.75) is 69.1 Å². The predicted octanol–water partition coefficient (Wildman–Crippen LogP) is 3.64. The molecule has 3 aliphatic carbocycles. The van der Waals surface area contributed by atoms with Crippen LogP contribution in [-0.2, 0) is 28.0 Å². The van der Waals surface area contributed by atoms with Crippen LogP contribution < -0.4 is 5.73 Å². The molecule has 6 rings (SSSR count). The van der Waals surface area contributed by atoms with Crippen LogP contribution >= 0.6 is 0 Å². The highest BCUT2D eigenvalue weighted by atomic mass is 16.5. The lowest BCUT2D eigenvalue weighted by atomic mass is 9.61. The Kier molecular flexibility index (Phi) is 4.44. The van der Waals surface area contributed by atoms with Gasteiger partial charge in [-0.2, -0.15) is 0 Å². The highest BCUT2D eigenvalue weighted by Gasteiger charge is 2.66. The summed E-state index contributed by atoms with van der Waals surface area (Å²) >= 11 is 0. The molecule has 1 aromatic carbocycles. The second-order valence-corrected chi connectivity index (χ2v) is 10.0. The van der Waals surface area contributed by atoms with Crippen LogP contribution in [0, 0.1) is 5.41 Å². The van der Waals surface area contributed by atoms with Gasteiger partial charge in [0, 0.05) is 24.9 Å². The van der Waals surface area contributed by atoms with Gasteiger partial charge in [-0.1, -0.05) is 24.3 Å². The van der Waals surface area contributed by atoms with E-state index in [4.69, 9.17) is 15.5 Å². The Morgan fingerprint density at radius 3 is 2.69 bits per heavy atom. The van der Waals surface area contributed by atoms with E-state index in [0.717, 1.165) is 43.2 Å². The van der Waals surface area contributed by atoms with Gasteiger partial charge in [0.05, 0.1) is 12.6 Å². The zero-order chi connectivity index (χ0) is 21.9. The van der Waals surface area contributed by atoms with Gasteiger partial charge < -0.3 is 10.5 Å². The number of hydrogen-bond acceptors (Lipinski definition) is 5. The molecule has 1 aliphatic heterocycles. The first-order valence-electron chi connectivity index (χ1n) is 11.8. The fourth-order valence-electron chi connectivity index (χ4n) is 6.38. The first kappa shape index (κ1) is 19.9. The molecule has 2 fully saturated rings. The van der Waals surface area contributed by atoms with Crippen LogP contribution in [0.3, 0.4) is 0 Å². The van der Waals surface area contributed by atoms with Crippen LogP contribution in [0.5, 0.6) is 0 Å². The number of rotatable bonds is 4. The summed E-state index contributed by atoms with van der Waals surface area (Å²) < 4.78 is 5.67. The average molecular weight is 431 g/mol. The van der Waals surface area contributed by atoms with Gasteiger partial charge in [-0.25, -0.2) is 4.99 Å². The predicted molar refractivity (Wildman–Crippen MR) is 122 cm³/mol. The molecule has 1 aromatic heterocycles. The minimum atomic E-state index is -0.918. The van der Waals surface area contributed by atoms with Crippen molar-refractivity contribution < 1.29 is 9.53 Å². The van der Waals surface area contributed by atoms with Crippen molar-refractivity contribution in [3.8, 4) is 0 Å². The fraction of sp³-hybridized carbons (Fsp3) is 0.500. The number of pyridine rings is 1. The topological polar surface area (TPSA) is 80.8 Å². The third-order valence-electron chi connectivity index (χ3n) is 8.27. The van der Waals surface area contributed by atoms with E-state index in [1.807, 2.05) is 12.1 Å². The highest BCUT2D eigenvalue weighted by molar-refractivity contribution is 6.08. The number of aliphatic imine (C=N–C) groups is 1. The van der Waals surface area contributed by atoms with Crippen molar-refractivity contribution in [1.82, 2.24) is 9.88 Å². The molecular formula is C26H30N4O2. The van der Waals surface area contributed by atoms with Crippen molar-refractivity contribution in [3.05, 3.63) is 65.0 Å². The Morgan fingerprint density at radius 1 is 1.19 bits per heavy atom. The monoisotopic (exact) mass is 430 g/mol. The molecule has 2 aromatic rings. The van der Waals surface area contributed by atoms with Crippen molar-refractivity contribution in [1.29, 1.82) is 0 Å². The van der Waals surface area contributed by atoms with Crippen LogP contribution in [0.2, 0.25) is 0 Å². The van der Waals surface area contributed by atoms with Crippen LogP contribution in [0.4, 0.5) is 0 Å². The number of methoxy groups -OCH3 is 1. The lowest BCUT2D eigenvalue weighted by Crippen LogP contribution is -2.52. The zero-order valence-corrected chi connectivity index (χ0v) is 18.6. The smallest absolute Gasteiger partial charge is 0.262 e. The molecule has 0 saturated heterocycles. The third kappa shape index (κ3) is 2.78. The summed E-state index contributed by atoms with van der Waals surface area (Å²) in [6.07, 6.45) is 10.9. The Bertz CT molecular complexity index is 1090. The van der Waals surface area contributed by atoms with E-state index in [9.17, 15) is 4.79 Å². The summed E-state index contributed by atoms with van der Waals surface area (Å²) in [5.74, 6) is 0.987. The van der Waals surface area contributed by atoms with Gasteiger partial charge in [-0.05, 0) is 79.2 Å². The SMILES string of the molecule is COC1CCC2(CC1)Cc1ccc(C3CC3)cc1C21N=C(N)N(Cc2cccnc2)C1=O. The molecule has 32 heavy (non-hydrogen) atoms. The molecule has 2 heterocycles. The molecule has 0 radical (unpaired) electrons. The van der Waals surface area contributed by atoms with Gasteiger partial charge in [-0.15, -0.1) is 0 Å². The number of hydrogen-bond donors (Lipinski definition) is 1. The molecule has 0 bridgehead atoms. The quantitative estimate of drug-likeness (QED) is 0.803. The normalized spacial score (nSPS) is 31.4. The van der Waals surface area contributed by atoms with Crippen LogP contribution in [0.1, 0.15) is 66.7 Å². The van der Waals surface area contributed by atoms with Crippen molar-refractivity contribution in [3.63, 3.8) is 0 Å². The fourth-order valence-corrected chi connectivity index (χ4v) is 6.38. The maximum Gasteiger partial charge on any atom is 0.262 e. The van der Waals surface area contributed by atoms with Gasteiger partial charge >= 0.3 is 0 Å². The van der Waals surface area contributed by atoms with Crippen molar-refractivity contribution in [2.75, 3.05) is 7.11 Å². The number of fused-ring (bicyclic) bond motifs is 3. The highest BCUT2D eigenvalue weighted by Crippen LogP contribution is 2.62. The van der Waals surface area contributed by atoms with Crippen LogP contribution in [0.25, 0.3) is 0 Å². The van der Waals surface area contributed by atoms with Crippen LogP contribution in [-0.4, -0.2) is 35.0 Å². The second-order valence-electron chi connectivity index (χ2n) is 10.0. The van der Waals surface area contributed by atoms with Gasteiger partial charge in [-0.3, -0.25) is 14.7 Å². The Labute approximate surface area is 188 Å². The molecule has 2 spiro atoms. The second kappa shape index (κ2) is 7.14. The lowest BCUT2D eigenvalue weighted by molar-refractivity contribution is -0.138. The number of carbonyl (C=O) groups is 1. The molecular weight excluding hydrogens is 400 g/mol. The number of carbonyl (C=O) groups excluding carboxylic acids is 1. The maximum absolute atomic E-state index is 14.3. The molecule has 2 N–H and O–H groups in total. The van der Waals surface area contributed by atoms with Gasteiger partial charge in [0.25, 0.3) is 5.91 Å². The summed E-state index contributed by atoms with van der Waals surface area (Å²) in [6.45, 7) is 0.401. The largest absolute Gasteiger partial charge is 0.381 e. The van der Waals surface area contributed by atoms with E-state index < -0.39 is 5.54 Å². The summed E-state index contributed by atoms with van der Waals surface area (Å²) in [6, 6.07) is 10.7. The first-order valence-corrected chi connectivity index (χ1v) is 11.8. The van der Waals surface area contributed by atoms with E-state index in [1.165, 1.54) is 24.0 Å². The number of nitrogens with zero attached hydrogens (tertiary/aromatic N) is 3. The molecule has 6 nitrogen and oxygen atoms in total. The Morgan fingerprint density at radius 2 is 2.00 bits per heavy atom. The Balaban J connectivity index is 1.45. The number of amides is 1. The molecule has 6 heteroatoms. The summed E-state index contributed by atoms with van der Waals surface area (Å²) in [5, 5.41) is 0. The number of benzene rings is 1. The van der Waals surface area contributed by atoms with Crippen molar-refractivity contribution >= 4 is 11.9 Å². The minimum absolute atomic E-state index is 0.0291. The molecule has 4 aliphatic rings. The van der Waals surface area contributed by atoms with E-state index >= 15 is 0 Å². The molecule has 1 amide bonds. The van der Waals surface area contributed by atoms with Gasteiger partial charge in [0.15, 0.2) is 11.5 Å². The molecule has 1 atom stereocenters. The Hall–Kier alpha value is -2.73. The summed E-state index contributed by atoms with van der Waals surface area (Å²) in [4.78, 5) is 25.3. The average Bonchev–Trinajstić information content (AvgIpc) is 3.60. The lowest BCUT2D eigenvalue weighted by Gasteiger charge is -2.45. The number of guanidine groups is 1. The van der Waals surface area contributed by atoms with Gasteiger partial charge in [0.2, 0.25) is 0 Å². The minimum Gasteiger partial charge on any atom is -0.381 e. The summed E-state index contributed by atoms with van der Waals surface area (Å²) in [7, 11) is 1.79. The van der Waals surface area contributed by atoms with E-state index in [2.05, 4.69) is 23.2 Å². The van der Waals surface area contributed by atoms with E-state index in [-0.39, 0.29) is 17.4 Å². The van der Waals surface area contributed by atoms with Gasteiger partial charge in [0.1, 0.15) is 0 Å². The van der Waals surface area contributed by atoms with E-state index in [1.54, 1.807) is 24.4 Å². The van der Waals surface area contributed by atoms with Crippen molar-refractivity contribution in [2.24, 2.45) is 16.1 Å². The number of ether oxygens (including phenoxy) is 1. The number of aromatic nitrogens is 1. The molecule has 166 valence electrons. The maximum atomic E-state index is 14.3. The zero-order valence-electron chi connectivity index (χ0n) is 18.6. The first-order chi connectivity index (χ1) is 15.6. The van der Waals surface area contributed by atoms with Crippen LogP contribution in [0.15, 0.2) is 47.7 Å². The third-order valence-corrected chi connectivity index (χ3v) is 8.27. The summed E-state index contributed by atoms with van der Waals surface area (Å²) in [5.41, 5.74) is 10.00.